The van der Waals surface area contributed by atoms with Crippen LogP contribution in [0.1, 0.15) is 31.2 Å². The fourth-order valence-electron chi connectivity index (χ4n) is 3.35. The molecule has 2 atom stereocenters. The van der Waals surface area contributed by atoms with Crippen molar-refractivity contribution in [2.75, 3.05) is 31.7 Å². The van der Waals surface area contributed by atoms with Gasteiger partial charge in [-0.1, -0.05) is 6.07 Å². The van der Waals surface area contributed by atoms with Crippen molar-refractivity contribution < 1.29 is 9.47 Å². The van der Waals surface area contributed by atoms with Crippen molar-refractivity contribution in [1.82, 2.24) is 5.32 Å². The first-order chi connectivity index (χ1) is 10.8. The second-order valence-corrected chi connectivity index (χ2v) is 7.51. The molecule has 1 aromatic carbocycles. The molecule has 3 nitrogen and oxygen atoms in total. The molecule has 2 fully saturated rings. The Labute approximate surface area is 138 Å². The number of ether oxygens (including phenoxy) is 2. The first kappa shape index (κ1) is 16.0. The first-order valence-corrected chi connectivity index (χ1v) is 9.62. The molecule has 0 amide bonds. The predicted molar refractivity (Wildman–Crippen MR) is 93.3 cm³/mol. The zero-order valence-electron chi connectivity index (χ0n) is 13.5. The normalized spacial score (nSPS) is 25.7. The maximum Gasteiger partial charge on any atom is 0.161 e. The van der Waals surface area contributed by atoms with Gasteiger partial charge in [-0.05, 0) is 74.6 Å². The van der Waals surface area contributed by atoms with Crippen LogP contribution in [-0.2, 0) is 6.42 Å². The number of hydrogen-bond donors (Lipinski definition) is 1. The van der Waals surface area contributed by atoms with E-state index in [9.17, 15) is 0 Å². The predicted octanol–water partition coefficient (Wildman–Crippen LogP) is 3.51. The van der Waals surface area contributed by atoms with Gasteiger partial charge in [-0.2, -0.15) is 11.8 Å². The van der Waals surface area contributed by atoms with E-state index >= 15 is 0 Å². The topological polar surface area (TPSA) is 30.5 Å². The quantitative estimate of drug-likeness (QED) is 0.899. The Morgan fingerprint density at radius 2 is 2.18 bits per heavy atom. The van der Waals surface area contributed by atoms with Crippen LogP contribution < -0.4 is 14.8 Å². The minimum Gasteiger partial charge on any atom is -0.493 e. The van der Waals surface area contributed by atoms with Crippen molar-refractivity contribution in [3.8, 4) is 11.5 Å². The van der Waals surface area contributed by atoms with Gasteiger partial charge in [0.25, 0.3) is 0 Å². The van der Waals surface area contributed by atoms with Crippen LogP contribution in [0.2, 0.25) is 0 Å². The smallest absolute Gasteiger partial charge is 0.161 e. The van der Waals surface area contributed by atoms with Crippen molar-refractivity contribution in [2.45, 2.75) is 38.2 Å². The lowest BCUT2D eigenvalue weighted by atomic mass is 9.92. The summed E-state index contributed by atoms with van der Waals surface area (Å²) in [6.45, 7) is 2.31. The number of benzene rings is 1. The summed E-state index contributed by atoms with van der Waals surface area (Å²) in [6.07, 6.45) is 6.50. The highest BCUT2D eigenvalue weighted by atomic mass is 32.2. The number of piperidine rings is 1. The van der Waals surface area contributed by atoms with Crippen molar-refractivity contribution in [3.63, 3.8) is 0 Å². The van der Waals surface area contributed by atoms with Gasteiger partial charge in [0.05, 0.1) is 7.11 Å². The Balaban J connectivity index is 1.64. The Bertz CT molecular complexity index is 468. The van der Waals surface area contributed by atoms with Crippen molar-refractivity contribution in [2.24, 2.45) is 5.92 Å². The highest BCUT2D eigenvalue weighted by Crippen LogP contribution is 2.32. The number of nitrogens with one attached hydrogen (secondary N) is 1. The molecular weight excluding hydrogens is 294 g/mol. The van der Waals surface area contributed by atoms with Gasteiger partial charge < -0.3 is 14.8 Å². The fraction of sp³-hybridized carbons (Fsp3) is 0.667. The van der Waals surface area contributed by atoms with Gasteiger partial charge in [-0.25, -0.2) is 0 Å². The molecule has 2 saturated heterocycles. The molecule has 2 aliphatic rings. The number of hydrogen-bond acceptors (Lipinski definition) is 4. The Kier molecular flexibility index (Phi) is 5.90. The van der Waals surface area contributed by atoms with E-state index in [-0.39, 0.29) is 0 Å². The van der Waals surface area contributed by atoms with Crippen LogP contribution in [-0.4, -0.2) is 37.8 Å². The summed E-state index contributed by atoms with van der Waals surface area (Å²) < 4.78 is 11.7. The number of methoxy groups -OCH3 is 1. The molecule has 1 aromatic rings. The zero-order valence-corrected chi connectivity index (χ0v) is 14.3. The van der Waals surface area contributed by atoms with E-state index in [1.807, 2.05) is 11.8 Å². The van der Waals surface area contributed by atoms with Gasteiger partial charge in [0.2, 0.25) is 0 Å². The monoisotopic (exact) mass is 321 g/mol. The molecule has 0 spiro atoms. The average molecular weight is 321 g/mol. The lowest BCUT2D eigenvalue weighted by molar-refractivity contribution is 0.202. The van der Waals surface area contributed by atoms with E-state index < -0.39 is 0 Å². The number of thioether (sulfide) groups is 1. The van der Waals surface area contributed by atoms with Crippen LogP contribution in [0.3, 0.4) is 0 Å². The van der Waals surface area contributed by atoms with Gasteiger partial charge in [0, 0.05) is 5.75 Å². The molecule has 1 N–H and O–H groups in total. The van der Waals surface area contributed by atoms with Crippen LogP contribution in [0.25, 0.3) is 0 Å². The van der Waals surface area contributed by atoms with E-state index in [2.05, 4.69) is 23.5 Å². The largest absolute Gasteiger partial charge is 0.493 e. The standard InChI is InChI=1S/C18H27NO2S/c1-20-18-11-14(10-15-4-2-8-19-12-15)6-7-17(18)21-16-5-3-9-22-13-16/h6-7,11,15-16,19H,2-5,8-10,12-13H2,1H3. The number of rotatable bonds is 5. The third-order valence-corrected chi connectivity index (χ3v) is 5.75. The van der Waals surface area contributed by atoms with E-state index in [1.54, 1.807) is 7.11 Å². The summed E-state index contributed by atoms with van der Waals surface area (Å²) in [5.74, 6) is 4.90. The fourth-order valence-corrected chi connectivity index (χ4v) is 4.39. The second kappa shape index (κ2) is 8.11. The van der Waals surface area contributed by atoms with Crippen LogP contribution >= 0.6 is 11.8 Å². The van der Waals surface area contributed by atoms with Gasteiger partial charge in [-0.3, -0.25) is 0 Å². The summed E-state index contributed by atoms with van der Waals surface area (Å²) >= 11 is 1.99. The van der Waals surface area contributed by atoms with E-state index in [4.69, 9.17) is 9.47 Å². The summed E-state index contributed by atoms with van der Waals surface area (Å²) in [6, 6.07) is 6.48. The molecule has 2 aliphatic heterocycles. The van der Waals surface area contributed by atoms with Crippen LogP contribution in [0, 0.1) is 5.92 Å². The van der Waals surface area contributed by atoms with Crippen LogP contribution in [0.5, 0.6) is 11.5 Å². The molecule has 2 unspecified atom stereocenters. The molecule has 0 radical (unpaired) electrons. The maximum atomic E-state index is 6.16. The molecule has 122 valence electrons. The average Bonchev–Trinajstić information content (AvgIpc) is 2.58. The third-order valence-electron chi connectivity index (χ3n) is 4.56. The summed E-state index contributed by atoms with van der Waals surface area (Å²) in [5, 5.41) is 3.49. The minimum atomic E-state index is 0.334. The summed E-state index contributed by atoms with van der Waals surface area (Å²) in [7, 11) is 1.74. The zero-order chi connectivity index (χ0) is 15.2. The molecule has 3 rings (SSSR count). The molecule has 0 bridgehead atoms. The molecule has 0 aliphatic carbocycles. The van der Waals surface area contributed by atoms with Gasteiger partial charge >= 0.3 is 0 Å². The summed E-state index contributed by atoms with van der Waals surface area (Å²) in [5.41, 5.74) is 1.36. The highest BCUT2D eigenvalue weighted by molar-refractivity contribution is 7.99. The third kappa shape index (κ3) is 4.32. The van der Waals surface area contributed by atoms with Crippen LogP contribution in [0.15, 0.2) is 18.2 Å². The van der Waals surface area contributed by atoms with Crippen LogP contribution in [0.4, 0.5) is 0 Å². The minimum absolute atomic E-state index is 0.334. The highest BCUT2D eigenvalue weighted by Gasteiger charge is 2.18. The molecular formula is C18H27NO2S. The lowest BCUT2D eigenvalue weighted by Crippen LogP contribution is -2.30. The Hall–Kier alpha value is -0.870. The van der Waals surface area contributed by atoms with E-state index in [0.717, 1.165) is 42.6 Å². The molecule has 4 heteroatoms. The maximum absolute atomic E-state index is 6.16. The molecule has 22 heavy (non-hydrogen) atoms. The van der Waals surface area contributed by atoms with E-state index in [0.29, 0.717) is 6.10 Å². The second-order valence-electron chi connectivity index (χ2n) is 6.36. The van der Waals surface area contributed by atoms with E-state index in [1.165, 1.54) is 37.1 Å². The van der Waals surface area contributed by atoms with Crippen molar-refractivity contribution in [1.29, 1.82) is 0 Å². The first-order valence-electron chi connectivity index (χ1n) is 8.47. The van der Waals surface area contributed by atoms with Gasteiger partial charge in [0.15, 0.2) is 11.5 Å². The van der Waals surface area contributed by atoms with Crippen molar-refractivity contribution in [3.05, 3.63) is 23.8 Å². The van der Waals surface area contributed by atoms with Gasteiger partial charge in [0.1, 0.15) is 6.10 Å². The lowest BCUT2D eigenvalue weighted by Gasteiger charge is -2.25. The summed E-state index contributed by atoms with van der Waals surface area (Å²) in [4.78, 5) is 0. The van der Waals surface area contributed by atoms with Gasteiger partial charge in [-0.15, -0.1) is 0 Å². The Morgan fingerprint density at radius 1 is 1.23 bits per heavy atom. The molecule has 2 heterocycles. The molecule has 0 saturated carbocycles. The SMILES string of the molecule is COc1cc(CC2CCCNC2)ccc1OC1CCCSC1. The molecule has 0 aromatic heterocycles. The Morgan fingerprint density at radius 3 is 2.91 bits per heavy atom. The van der Waals surface area contributed by atoms with Crippen molar-refractivity contribution >= 4 is 11.8 Å².